The summed E-state index contributed by atoms with van der Waals surface area (Å²) >= 11 is 1.77. The summed E-state index contributed by atoms with van der Waals surface area (Å²) in [5, 5.41) is 7.91. The lowest BCUT2D eigenvalue weighted by atomic mass is 10.2. The van der Waals surface area contributed by atoms with E-state index in [-0.39, 0.29) is 0 Å². The second kappa shape index (κ2) is 6.99. The number of nitrogens with zero attached hydrogens (tertiary/aromatic N) is 1. The average Bonchev–Trinajstić information content (AvgIpc) is 2.69. The van der Waals surface area contributed by atoms with Gasteiger partial charge in [-0.15, -0.1) is 0 Å². The predicted molar refractivity (Wildman–Crippen MR) is 68.5 cm³/mol. The van der Waals surface area contributed by atoms with Crippen molar-refractivity contribution in [1.82, 2.24) is 10.2 Å². The molecular weight excluding hydrogens is 204 g/mol. The number of unbranched alkanes of at least 4 members (excludes halogenated alkanes) is 1. The van der Waals surface area contributed by atoms with E-state index in [2.05, 4.69) is 48.1 Å². The Morgan fingerprint density at radius 2 is 2.20 bits per heavy atom. The molecule has 15 heavy (non-hydrogen) atoms. The van der Waals surface area contributed by atoms with Crippen molar-refractivity contribution in [3.63, 3.8) is 0 Å². The standard InChI is InChI=1S/C12H22N2S/c1-11(12-6-9-15-10-12)13-7-4-5-8-14(2)3/h6,9-11,13H,4-5,7-8H2,1-3H3. The first-order valence-electron chi connectivity index (χ1n) is 5.60. The van der Waals surface area contributed by atoms with Gasteiger partial charge in [0.15, 0.2) is 0 Å². The molecule has 0 fully saturated rings. The van der Waals surface area contributed by atoms with E-state index in [4.69, 9.17) is 0 Å². The molecule has 86 valence electrons. The minimum atomic E-state index is 0.496. The quantitative estimate of drug-likeness (QED) is 0.719. The van der Waals surface area contributed by atoms with E-state index in [1.54, 1.807) is 11.3 Å². The van der Waals surface area contributed by atoms with Crippen molar-refractivity contribution in [3.05, 3.63) is 22.4 Å². The van der Waals surface area contributed by atoms with Crippen LogP contribution in [-0.2, 0) is 0 Å². The van der Waals surface area contributed by atoms with Gasteiger partial charge in [0.25, 0.3) is 0 Å². The van der Waals surface area contributed by atoms with Gasteiger partial charge < -0.3 is 10.2 Å². The SMILES string of the molecule is CC(NCCCCN(C)C)c1ccsc1. The molecule has 3 heteroatoms. The van der Waals surface area contributed by atoms with E-state index in [1.807, 2.05) is 0 Å². The number of rotatable bonds is 7. The van der Waals surface area contributed by atoms with Gasteiger partial charge in [0.1, 0.15) is 0 Å². The van der Waals surface area contributed by atoms with E-state index in [9.17, 15) is 0 Å². The van der Waals surface area contributed by atoms with Gasteiger partial charge in [-0.2, -0.15) is 11.3 Å². The van der Waals surface area contributed by atoms with Gasteiger partial charge >= 0.3 is 0 Å². The third-order valence-electron chi connectivity index (χ3n) is 2.53. The molecule has 2 nitrogen and oxygen atoms in total. The fourth-order valence-electron chi connectivity index (χ4n) is 1.51. The molecule has 1 aromatic heterocycles. The normalized spacial score (nSPS) is 13.3. The Balaban J connectivity index is 2.05. The Labute approximate surface area is 97.3 Å². The lowest BCUT2D eigenvalue weighted by Crippen LogP contribution is -2.21. The van der Waals surface area contributed by atoms with Crippen molar-refractivity contribution in [2.24, 2.45) is 0 Å². The highest BCUT2D eigenvalue weighted by molar-refractivity contribution is 7.07. The molecule has 1 heterocycles. The zero-order valence-corrected chi connectivity index (χ0v) is 10.8. The summed E-state index contributed by atoms with van der Waals surface area (Å²) in [7, 11) is 4.25. The zero-order valence-electron chi connectivity index (χ0n) is 9.99. The van der Waals surface area contributed by atoms with Crippen LogP contribution in [0.1, 0.15) is 31.4 Å². The Hall–Kier alpha value is -0.380. The van der Waals surface area contributed by atoms with Gasteiger partial charge in [0.05, 0.1) is 0 Å². The molecule has 0 aromatic carbocycles. The van der Waals surface area contributed by atoms with Crippen molar-refractivity contribution in [2.75, 3.05) is 27.2 Å². The summed E-state index contributed by atoms with van der Waals surface area (Å²) in [5.74, 6) is 0. The number of nitrogens with one attached hydrogen (secondary N) is 1. The minimum Gasteiger partial charge on any atom is -0.310 e. The average molecular weight is 226 g/mol. The van der Waals surface area contributed by atoms with Crippen molar-refractivity contribution < 1.29 is 0 Å². The highest BCUT2D eigenvalue weighted by atomic mass is 32.1. The molecule has 0 radical (unpaired) electrons. The molecule has 0 aliphatic carbocycles. The van der Waals surface area contributed by atoms with Gasteiger partial charge in [-0.05, 0) is 69.3 Å². The smallest absolute Gasteiger partial charge is 0.0300 e. The van der Waals surface area contributed by atoms with E-state index in [0.717, 1.165) is 6.54 Å². The first-order chi connectivity index (χ1) is 7.20. The van der Waals surface area contributed by atoms with Crippen LogP contribution in [0.4, 0.5) is 0 Å². The van der Waals surface area contributed by atoms with Crippen LogP contribution >= 0.6 is 11.3 Å². The molecule has 1 atom stereocenters. The van der Waals surface area contributed by atoms with Gasteiger partial charge in [0.2, 0.25) is 0 Å². The second-order valence-corrected chi connectivity index (χ2v) is 5.02. The number of hydrogen-bond donors (Lipinski definition) is 1. The van der Waals surface area contributed by atoms with Crippen LogP contribution in [0.25, 0.3) is 0 Å². The minimum absolute atomic E-state index is 0.496. The molecule has 1 unspecified atom stereocenters. The van der Waals surface area contributed by atoms with Gasteiger partial charge in [-0.3, -0.25) is 0 Å². The molecule has 0 saturated heterocycles. The van der Waals surface area contributed by atoms with E-state index < -0.39 is 0 Å². The first-order valence-corrected chi connectivity index (χ1v) is 6.54. The van der Waals surface area contributed by atoms with Gasteiger partial charge in [-0.1, -0.05) is 0 Å². The van der Waals surface area contributed by atoms with Crippen molar-refractivity contribution in [3.8, 4) is 0 Å². The summed E-state index contributed by atoms with van der Waals surface area (Å²) in [5.41, 5.74) is 1.41. The van der Waals surface area contributed by atoms with E-state index in [0.29, 0.717) is 6.04 Å². The van der Waals surface area contributed by atoms with Crippen molar-refractivity contribution >= 4 is 11.3 Å². The van der Waals surface area contributed by atoms with Crippen LogP contribution in [0.15, 0.2) is 16.8 Å². The zero-order chi connectivity index (χ0) is 11.1. The monoisotopic (exact) mass is 226 g/mol. The fraction of sp³-hybridized carbons (Fsp3) is 0.667. The summed E-state index contributed by atoms with van der Waals surface area (Å²) in [6.07, 6.45) is 2.53. The Kier molecular flexibility index (Phi) is 5.91. The molecule has 0 amide bonds. The topological polar surface area (TPSA) is 15.3 Å². The van der Waals surface area contributed by atoms with Gasteiger partial charge in [-0.25, -0.2) is 0 Å². The molecule has 0 spiro atoms. The Morgan fingerprint density at radius 3 is 2.80 bits per heavy atom. The maximum absolute atomic E-state index is 3.55. The predicted octanol–water partition coefficient (Wildman–Crippen LogP) is 2.74. The van der Waals surface area contributed by atoms with Crippen molar-refractivity contribution in [2.45, 2.75) is 25.8 Å². The van der Waals surface area contributed by atoms with E-state index in [1.165, 1.54) is 24.9 Å². The second-order valence-electron chi connectivity index (χ2n) is 4.24. The fourth-order valence-corrected chi connectivity index (χ4v) is 2.26. The Bertz CT molecular complexity index is 244. The molecule has 0 aliphatic rings. The molecule has 0 saturated carbocycles. The number of thiophene rings is 1. The summed E-state index contributed by atoms with van der Waals surface area (Å²) in [6, 6.07) is 2.69. The lowest BCUT2D eigenvalue weighted by molar-refractivity contribution is 0.389. The first kappa shape index (κ1) is 12.7. The summed E-state index contributed by atoms with van der Waals surface area (Å²) < 4.78 is 0. The molecule has 0 bridgehead atoms. The van der Waals surface area contributed by atoms with Crippen LogP contribution in [0.2, 0.25) is 0 Å². The maximum atomic E-state index is 3.55. The van der Waals surface area contributed by atoms with Crippen LogP contribution in [0.5, 0.6) is 0 Å². The van der Waals surface area contributed by atoms with E-state index >= 15 is 0 Å². The molecule has 1 aromatic rings. The van der Waals surface area contributed by atoms with Crippen LogP contribution < -0.4 is 5.32 Å². The summed E-state index contributed by atoms with van der Waals surface area (Å²) in [4.78, 5) is 2.24. The molecule has 1 rings (SSSR count). The largest absolute Gasteiger partial charge is 0.310 e. The highest BCUT2D eigenvalue weighted by Gasteiger charge is 2.03. The maximum Gasteiger partial charge on any atom is 0.0300 e. The molecule has 0 aliphatic heterocycles. The van der Waals surface area contributed by atoms with Crippen LogP contribution in [0, 0.1) is 0 Å². The molecule has 1 N–H and O–H groups in total. The summed E-state index contributed by atoms with van der Waals surface area (Å²) in [6.45, 7) is 4.54. The van der Waals surface area contributed by atoms with Gasteiger partial charge in [0, 0.05) is 6.04 Å². The highest BCUT2D eigenvalue weighted by Crippen LogP contribution is 2.15. The number of hydrogen-bond acceptors (Lipinski definition) is 3. The third kappa shape index (κ3) is 5.30. The third-order valence-corrected chi connectivity index (χ3v) is 3.23. The Morgan fingerprint density at radius 1 is 1.40 bits per heavy atom. The van der Waals surface area contributed by atoms with Crippen molar-refractivity contribution in [1.29, 1.82) is 0 Å². The van der Waals surface area contributed by atoms with Crippen LogP contribution in [0.3, 0.4) is 0 Å². The molecular formula is C12H22N2S. The van der Waals surface area contributed by atoms with Crippen LogP contribution in [-0.4, -0.2) is 32.1 Å². The lowest BCUT2D eigenvalue weighted by Gasteiger charge is -2.13.